The zero-order valence-electron chi connectivity index (χ0n) is 16.3. The van der Waals surface area contributed by atoms with Gasteiger partial charge in [-0.15, -0.1) is 0 Å². The van der Waals surface area contributed by atoms with Crippen molar-refractivity contribution in [3.05, 3.63) is 70.2 Å². The fourth-order valence-electron chi connectivity index (χ4n) is 3.03. The summed E-state index contributed by atoms with van der Waals surface area (Å²) in [6, 6.07) is 15.2. The summed E-state index contributed by atoms with van der Waals surface area (Å²) >= 11 is 0. The zero-order chi connectivity index (χ0) is 19.9. The minimum Gasteiger partial charge on any atom is -0.408 e. The molecule has 6 nitrogen and oxygen atoms in total. The highest BCUT2D eigenvalue weighted by Gasteiger charge is 2.10. The molecule has 0 saturated heterocycles. The number of nitrogens with zero attached hydrogens (tertiary/aromatic N) is 1. The predicted octanol–water partition coefficient (Wildman–Crippen LogP) is 3.62. The van der Waals surface area contributed by atoms with Crippen LogP contribution in [0, 0.1) is 0 Å². The molecule has 0 fully saturated rings. The van der Waals surface area contributed by atoms with Gasteiger partial charge in [-0.3, -0.25) is 9.36 Å². The number of nitrogens with one attached hydrogen (secondary N) is 1. The normalized spacial score (nSPS) is 11.2. The molecule has 0 saturated carbocycles. The summed E-state index contributed by atoms with van der Waals surface area (Å²) in [5.74, 6) is -0.430. The SMILES string of the molecule is CC(C)OCc1ccccc1CNC(=O)CCCn1c(=O)oc2ccccc21. The van der Waals surface area contributed by atoms with Crippen molar-refractivity contribution in [2.75, 3.05) is 0 Å². The topological polar surface area (TPSA) is 73.5 Å². The van der Waals surface area contributed by atoms with Gasteiger partial charge in [-0.1, -0.05) is 36.4 Å². The fraction of sp³-hybridized carbons (Fsp3) is 0.364. The number of para-hydroxylation sites is 2. The van der Waals surface area contributed by atoms with Crippen LogP contribution in [0.25, 0.3) is 11.1 Å². The standard InChI is InChI=1S/C22H26N2O4/c1-16(2)27-15-18-9-4-3-8-17(18)14-23-21(25)12-7-13-24-19-10-5-6-11-20(19)28-22(24)26/h3-6,8-11,16H,7,12-15H2,1-2H3,(H,23,25). The average molecular weight is 382 g/mol. The lowest BCUT2D eigenvalue weighted by Gasteiger charge is -2.13. The number of oxazole rings is 1. The summed E-state index contributed by atoms with van der Waals surface area (Å²) in [4.78, 5) is 24.2. The Morgan fingerprint density at radius 2 is 1.82 bits per heavy atom. The van der Waals surface area contributed by atoms with Gasteiger partial charge < -0.3 is 14.5 Å². The van der Waals surface area contributed by atoms with Crippen LogP contribution in [0.5, 0.6) is 0 Å². The number of hydrogen-bond acceptors (Lipinski definition) is 4. The molecule has 0 unspecified atom stereocenters. The van der Waals surface area contributed by atoms with Crippen molar-refractivity contribution < 1.29 is 13.9 Å². The lowest BCUT2D eigenvalue weighted by Crippen LogP contribution is -2.24. The maximum absolute atomic E-state index is 12.2. The third kappa shape index (κ3) is 5.10. The Morgan fingerprint density at radius 1 is 1.11 bits per heavy atom. The summed E-state index contributed by atoms with van der Waals surface area (Å²) in [6.45, 7) is 5.44. The number of aryl methyl sites for hydroxylation is 1. The van der Waals surface area contributed by atoms with E-state index in [1.165, 1.54) is 0 Å². The van der Waals surface area contributed by atoms with Crippen molar-refractivity contribution >= 4 is 17.0 Å². The molecule has 1 aromatic heterocycles. The number of fused-ring (bicyclic) bond motifs is 1. The van der Waals surface area contributed by atoms with Crippen LogP contribution in [-0.2, 0) is 29.2 Å². The molecule has 2 aromatic carbocycles. The first-order valence-electron chi connectivity index (χ1n) is 9.58. The maximum atomic E-state index is 12.2. The van der Waals surface area contributed by atoms with Gasteiger partial charge in [0.1, 0.15) is 0 Å². The molecule has 148 valence electrons. The second kappa shape index (κ2) is 9.37. The van der Waals surface area contributed by atoms with E-state index in [0.29, 0.717) is 38.1 Å². The molecular formula is C22H26N2O4. The van der Waals surface area contributed by atoms with E-state index >= 15 is 0 Å². The number of rotatable bonds is 9. The lowest BCUT2D eigenvalue weighted by molar-refractivity contribution is -0.121. The Bertz CT molecular complexity index is 987. The highest BCUT2D eigenvalue weighted by atomic mass is 16.5. The highest BCUT2D eigenvalue weighted by Crippen LogP contribution is 2.13. The van der Waals surface area contributed by atoms with Crippen molar-refractivity contribution in [3.63, 3.8) is 0 Å². The number of carbonyl (C=O) groups excluding carboxylic acids is 1. The number of carbonyl (C=O) groups is 1. The maximum Gasteiger partial charge on any atom is 0.419 e. The predicted molar refractivity (Wildman–Crippen MR) is 108 cm³/mol. The highest BCUT2D eigenvalue weighted by molar-refractivity contribution is 5.76. The smallest absolute Gasteiger partial charge is 0.408 e. The van der Waals surface area contributed by atoms with Crippen LogP contribution in [-0.4, -0.2) is 16.6 Å². The van der Waals surface area contributed by atoms with Crippen LogP contribution >= 0.6 is 0 Å². The van der Waals surface area contributed by atoms with Gasteiger partial charge >= 0.3 is 5.76 Å². The molecule has 0 radical (unpaired) electrons. The summed E-state index contributed by atoms with van der Waals surface area (Å²) in [5.41, 5.74) is 3.45. The van der Waals surface area contributed by atoms with Gasteiger partial charge in [-0.2, -0.15) is 0 Å². The first-order chi connectivity index (χ1) is 13.5. The van der Waals surface area contributed by atoms with Gasteiger partial charge in [0.2, 0.25) is 5.91 Å². The van der Waals surface area contributed by atoms with Gasteiger partial charge in [-0.25, -0.2) is 4.79 Å². The summed E-state index contributed by atoms with van der Waals surface area (Å²) < 4.78 is 12.5. The molecule has 6 heteroatoms. The molecule has 3 aromatic rings. The molecule has 0 bridgehead atoms. The van der Waals surface area contributed by atoms with Gasteiger partial charge in [0.05, 0.1) is 18.2 Å². The molecule has 28 heavy (non-hydrogen) atoms. The number of ether oxygens (including phenoxy) is 1. The first-order valence-corrected chi connectivity index (χ1v) is 9.58. The van der Waals surface area contributed by atoms with Crippen LogP contribution in [0.3, 0.4) is 0 Å². The van der Waals surface area contributed by atoms with Gasteiger partial charge in [0, 0.05) is 19.5 Å². The summed E-state index contributed by atoms with van der Waals surface area (Å²) in [5, 5.41) is 2.95. The van der Waals surface area contributed by atoms with E-state index in [9.17, 15) is 9.59 Å². The molecule has 1 amide bonds. The molecule has 3 rings (SSSR count). The Labute approximate surface area is 164 Å². The van der Waals surface area contributed by atoms with Crippen molar-refractivity contribution in [3.8, 4) is 0 Å². The molecular weight excluding hydrogens is 356 g/mol. The van der Waals surface area contributed by atoms with Crippen LogP contribution < -0.4 is 11.1 Å². The molecule has 0 aliphatic rings. The Hall–Kier alpha value is -2.86. The number of amides is 1. The van der Waals surface area contributed by atoms with E-state index in [1.54, 1.807) is 10.6 Å². The quantitative estimate of drug-likeness (QED) is 0.613. The minimum absolute atomic E-state index is 0.0413. The van der Waals surface area contributed by atoms with Crippen LogP contribution in [0.15, 0.2) is 57.7 Å². The summed E-state index contributed by atoms with van der Waals surface area (Å²) in [6.07, 6.45) is 1.06. The molecule has 0 aliphatic carbocycles. The van der Waals surface area contributed by atoms with E-state index < -0.39 is 0 Å². The second-order valence-electron chi connectivity index (χ2n) is 7.00. The van der Waals surface area contributed by atoms with Crippen molar-refractivity contribution in [1.82, 2.24) is 9.88 Å². The molecule has 0 atom stereocenters. The van der Waals surface area contributed by atoms with E-state index in [1.807, 2.05) is 56.3 Å². The van der Waals surface area contributed by atoms with Crippen LogP contribution in [0.1, 0.15) is 37.8 Å². The fourth-order valence-corrected chi connectivity index (χ4v) is 3.03. The first kappa shape index (κ1) is 19.9. The van der Waals surface area contributed by atoms with Crippen molar-refractivity contribution in [1.29, 1.82) is 0 Å². The van der Waals surface area contributed by atoms with Gasteiger partial charge in [0.25, 0.3) is 0 Å². The minimum atomic E-state index is -0.388. The molecule has 1 N–H and O–H groups in total. The third-order valence-electron chi connectivity index (χ3n) is 4.53. The van der Waals surface area contributed by atoms with Crippen LogP contribution in [0.4, 0.5) is 0 Å². The third-order valence-corrected chi connectivity index (χ3v) is 4.53. The Balaban J connectivity index is 1.50. The van der Waals surface area contributed by atoms with Crippen molar-refractivity contribution in [2.45, 2.75) is 52.5 Å². The molecule has 0 spiro atoms. The number of hydrogen-bond donors (Lipinski definition) is 1. The Kier molecular flexibility index (Phi) is 6.66. The van der Waals surface area contributed by atoms with E-state index in [4.69, 9.17) is 9.15 Å². The zero-order valence-corrected chi connectivity index (χ0v) is 16.3. The largest absolute Gasteiger partial charge is 0.419 e. The van der Waals surface area contributed by atoms with Gasteiger partial charge in [-0.05, 0) is 43.5 Å². The molecule has 1 heterocycles. The number of aromatic nitrogens is 1. The van der Waals surface area contributed by atoms with Crippen LogP contribution in [0.2, 0.25) is 0 Å². The number of benzene rings is 2. The monoisotopic (exact) mass is 382 g/mol. The van der Waals surface area contributed by atoms with E-state index in [2.05, 4.69) is 5.32 Å². The second-order valence-corrected chi connectivity index (χ2v) is 7.00. The lowest BCUT2D eigenvalue weighted by atomic mass is 10.1. The average Bonchev–Trinajstić information content (AvgIpc) is 3.00. The Morgan fingerprint density at radius 3 is 2.61 bits per heavy atom. The van der Waals surface area contributed by atoms with Crippen molar-refractivity contribution in [2.24, 2.45) is 0 Å². The van der Waals surface area contributed by atoms with E-state index in [0.717, 1.165) is 16.6 Å². The summed E-state index contributed by atoms with van der Waals surface area (Å²) in [7, 11) is 0. The van der Waals surface area contributed by atoms with Gasteiger partial charge in [0.15, 0.2) is 5.58 Å². The molecule has 0 aliphatic heterocycles. The van der Waals surface area contributed by atoms with E-state index in [-0.39, 0.29) is 17.8 Å².